The van der Waals surface area contributed by atoms with Crippen molar-refractivity contribution >= 4 is 22.8 Å². The van der Waals surface area contributed by atoms with E-state index >= 15 is 0 Å². The minimum Gasteiger partial charge on any atom is -0.491 e. The van der Waals surface area contributed by atoms with E-state index in [4.69, 9.17) is 14.5 Å². The number of nitrogens with zero attached hydrogens (tertiary/aromatic N) is 3. The molecule has 0 spiro atoms. The highest BCUT2D eigenvalue weighted by Gasteiger charge is 2.27. The Morgan fingerprint density at radius 2 is 2.00 bits per heavy atom. The van der Waals surface area contributed by atoms with E-state index in [-0.39, 0.29) is 11.5 Å². The van der Waals surface area contributed by atoms with Crippen LogP contribution in [0.15, 0.2) is 66.9 Å². The smallest absolute Gasteiger partial charge is 0.259 e. The van der Waals surface area contributed by atoms with Gasteiger partial charge in [-0.3, -0.25) is 9.69 Å². The number of fused-ring (bicyclic) bond motifs is 1. The van der Waals surface area contributed by atoms with E-state index in [0.717, 1.165) is 43.1 Å². The molecule has 180 valence electrons. The van der Waals surface area contributed by atoms with Gasteiger partial charge in [0.15, 0.2) is 0 Å². The summed E-state index contributed by atoms with van der Waals surface area (Å²) in [5.41, 5.74) is 2.57. The summed E-state index contributed by atoms with van der Waals surface area (Å²) in [6.45, 7) is 8.12. The summed E-state index contributed by atoms with van der Waals surface area (Å²) in [5, 5.41) is 2.83. The van der Waals surface area contributed by atoms with E-state index in [2.05, 4.69) is 34.0 Å². The Labute approximate surface area is 204 Å². The van der Waals surface area contributed by atoms with Crippen molar-refractivity contribution in [3.8, 4) is 17.1 Å². The van der Waals surface area contributed by atoms with Crippen LogP contribution in [-0.2, 0) is 4.74 Å². The van der Waals surface area contributed by atoms with Crippen molar-refractivity contribution in [2.24, 2.45) is 0 Å². The quantitative estimate of drug-likeness (QED) is 0.416. The largest absolute Gasteiger partial charge is 0.491 e. The molecule has 0 saturated carbocycles. The first-order valence-corrected chi connectivity index (χ1v) is 11.8. The van der Waals surface area contributed by atoms with Gasteiger partial charge in [-0.05, 0) is 50.2 Å². The summed E-state index contributed by atoms with van der Waals surface area (Å²) in [5.74, 6) is 1.64. The van der Waals surface area contributed by atoms with Crippen LogP contribution in [0.5, 0.6) is 5.75 Å². The summed E-state index contributed by atoms with van der Waals surface area (Å²) < 4.78 is 12.0. The molecule has 0 unspecified atom stereocenters. The molecule has 0 radical (unpaired) electrons. The van der Waals surface area contributed by atoms with Crippen LogP contribution in [-0.4, -0.2) is 64.2 Å². The van der Waals surface area contributed by atoms with Crippen molar-refractivity contribution in [1.29, 1.82) is 0 Å². The van der Waals surface area contributed by atoms with Crippen molar-refractivity contribution in [3.05, 3.63) is 72.4 Å². The van der Waals surface area contributed by atoms with Gasteiger partial charge in [0.25, 0.3) is 5.91 Å². The number of carbonyl (C=O) groups excluding carboxylic acids is 1. The molecule has 4 aromatic rings. The predicted octanol–water partition coefficient (Wildman–Crippen LogP) is 4.37. The number of morpholine rings is 1. The molecular weight excluding hydrogens is 442 g/mol. The lowest BCUT2D eigenvalue weighted by Gasteiger charge is -2.38. The van der Waals surface area contributed by atoms with E-state index < -0.39 is 0 Å². The molecule has 0 bridgehead atoms. The molecule has 1 saturated heterocycles. The van der Waals surface area contributed by atoms with Crippen molar-refractivity contribution in [2.75, 3.05) is 38.2 Å². The molecule has 1 amide bonds. The lowest BCUT2D eigenvalue weighted by atomic mass is 10.1. The molecule has 1 aliphatic heterocycles. The Hall–Kier alpha value is -3.75. The summed E-state index contributed by atoms with van der Waals surface area (Å²) in [6.07, 6.45) is 1.64. The number of aromatic amines is 1. The van der Waals surface area contributed by atoms with Crippen molar-refractivity contribution in [3.63, 3.8) is 0 Å². The fourth-order valence-corrected chi connectivity index (χ4v) is 4.34. The standard InChI is InChI=1S/C27H29N5O3/c1-27(2)18-32(15-17-35-27)14-16-34-22-11-4-3-8-19(22)25-29-21-10-7-9-20(24(21)31-25)26(33)30-23-12-5-6-13-28-23/h3-13H,14-18H2,1-2H3,(H,29,31)(H,28,30,33). The number of para-hydroxylation sites is 2. The molecule has 1 aliphatic rings. The van der Waals surface area contributed by atoms with Gasteiger partial charge in [0.2, 0.25) is 0 Å². The number of amides is 1. The lowest BCUT2D eigenvalue weighted by molar-refractivity contribution is -0.0875. The molecule has 2 aromatic carbocycles. The van der Waals surface area contributed by atoms with Crippen LogP contribution in [0.3, 0.4) is 0 Å². The van der Waals surface area contributed by atoms with E-state index in [1.165, 1.54) is 0 Å². The number of ether oxygens (including phenoxy) is 2. The van der Waals surface area contributed by atoms with E-state index in [0.29, 0.717) is 29.3 Å². The minimum absolute atomic E-state index is 0.134. The third-order valence-corrected chi connectivity index (χ3v) is 5.98. The van der Waals surface area contributed by atoms with E-state index in [1.807, 2.05) is 42.5 Å². The maximum absolute atomic E-state index is 12.9. The summed E-state index contributed by atoms with van der Waals surface area (Å²) in [4.78, 5) is 27.6. The number of pyridine rings is 1. The Balaban J connectivity index is 1.34. The van der Waals surface area contributed by atoms with Crippen LogP contribution in [0.2, 0.25) is 0 Å². The minimum atomic E-state index is -0.259. The third kappa shape index (κ3) is 5.34. The summed E-state index contributed by atoms with van der Waals surface area (Å²) in [7, 11) is 0. The first kappa shape index (κ1) is 23.0. The highest BCUT2D eigenvalue weighted by Crippen LogP contribution is 2.30. The first-order valence-electron chi connectivity index (χ1n) is 11.8. The number of carbonyl (C=O) groups is 1. The number of hydrogen-bond acceptors (Lipinski definition) is 6. The van der Waals surface area contributed by atoms with Gasteiger partial charge in [0, 0.05) is 25.8 Å². The van der Waals surface area contributed by atoms with Gasteiger partial charge in [0.05, 0.1) is 28.9 Å². The Morgan fingerprint density at radius 1 is 1.14 bits per heavy atom. The topological polar surface area (TPSA) is 92.4 Å². The highest BCUT2D eigenvalue weighted by atomic mass is 16.5. The molecule has 1 fully saturated rings. The van der Waals surface area contributed by atoms with Crippen LogP contribution in [0.4, 0.5) is 5.82 Å². The second-order valence-electron chi connectivity index (χ2n) is 9.19. The molecular formula is C27H29N5O3. The number of nitrogens with one attached hydrogen (secondary N) is 2. The molecule has 5 rings (SSSR count). The highest BCUT2D eigenvalue weighted by molar-refractivity contribution is 6.11. The molecule has 0 atom stereocenters. The lowest BCUT2D eigenvalue weighted by Crippen LogP contribution is -2.49. The van der Waals surface area contributed by atoms with Crippen molar-refractivity contribution in [1.82, 2.24) is 19.9 Å². The molecule has 2 N–H and O–H groups in total. The fourth-order valence-electron chi connectivity index (χ4n) is 4.34. The molecule has 35 heavy (non-hydrogen) atoms. The summed E-state index contributed by atoms with van der Waals surface area (Å²) in [6, 6.07) is 18.7. The maximum Gasteiger partial charge on any atom is 0.259 e. The Bertz CT molecular complexity index is 1320. The fraction of sp³-hybridized carbons (Fsp3) is 0.296. The van der Waals surface area contributed by atoms with Crippen LogP contribution in [0.25, 0.3) is 22.4 Å². The number of benzene rings is 2. The van der Waals surface area contributed by atoms with Gasteiger partial charge in [0.1, 0.15) is 29.5 Å². The number of imidazole rings is 1. The van der Waals surface area contributed by atoms with E-state index in [9.17, 15) is 4.79 Å². The zero-order chi connectivity index (χ0) is 24.3. The molecule has 0 aliphatic carbocycles. The molecule has 8 nitrogen and oxygen atoms in total. The third-order valence-electron chi connectivity index (χ3n) is 5.98. The van der Waals surface area contributed by atoms with Gasteiger partial charge in [-0.2, -0.15) is 0 Å². The Morgan fingerprint density at radius 3 is 2.83 bits per heavy atom. The molecule has 8 heteroatoms. The number of aromatic nitrogens is 3. The Kier molecular flexibility index (Phi) is 6.48. The zero-order valence-corrected chi connectivity index (χ0v) is 20.0. The monoisotopic (exact) mass is 471 g/mol. The molecule has 3 heterocycles. The number of hydrogen-bond donors (Lipinski definition) is 2. The van der Waals surface area contributed by atoms with Gasteiger partial charge < -0.3 is 19.8 Å². The second-order valence-corrected chi connectivity index (χ2v) is 9.19. The zero-order valence-electron chi connectivity index (χ0n) is 20.0. The second kappa shape index (κ2) is 9.85. The average Bonchev–Trinajstić information content (AvgIpc) is 3.29. The number of H-pyrrole nitrogens is 1. The number of anilines is 1. The van der Waals surface area contributed by atoms with Gasteiger partial charge in [-0.15, -0.1) is 0 Å². The summed E-state index contributed by atoms with van der Waals surface area (Å²) >= 11 is 0. The van der Waals surface area contributed by atoms with E-state index in [1.54, 1.807) is 24.4 Å². The van der Waals surface area contributed by atoms with Crippen molar-refractivity contribution in [2.45, 2.75) is 19.4 Å². The van der Waals surface area contributed by atoms with Gasteiger partial charge in [-0.25, -0.2) is 9.97 Å². The van der Waals surface area contributed by atoms with Crippen LogP contribution in [0, 0.1) is 0 Å². The van der Waals surface area contributed by atoms with Gasteiger partial charge in [-0.1, -0.05) is 24.3 Å². The molecule has 2 aromatic heterocycles. The van der Waals surface area contributed by atoms with Gasteiger partial charge >= 0.3 is 0 Å². The normalized spacial score (nSPS) is 15.7. The average molecular weight is 472 g/mol. The maximum atomic E-state index is 12.9. The van der Waals surface area contributed by atoms with Crippen LogP contribution >= 0.6 is 0 Å². The van der Waals surface area contributed by atoms with Crippen LogP contribution in [0.1, 0.15) is 24.2 Å². The van der Waals surface area contributed by atoms with Crippen LogP contribution < -0.4 is 10.1 Å². The first-order chi connectivity index (χ1) is 17.0. The predicted molar refractivity (Wildman–Crippen MR) is 136 cm³/mol. The van der Waals surface area contributed by atoms with Crippen molar-refractivity contribution < 1.29 is 14.3 Å². The number of rotatable bonds is 7. The SMILES string of the molecule is CC1(C)CN(CCOc2ccccc2-c2nc3c(C(=O)Nc4ccccn4)cccc3[nH]2)CCO1.